The van der Waals surface area contributed by atoms with Gasteiger partial charge in [-0.25, -0.2) is 0 Å². The molecule has 1 N–H and O–H groups in total. The molecule has 0 fully saturated rings. The van der Waals surface area contributed by atoms with E-state index < -0.39 is 0 Å². The van der Waals surface area contributed by atoms with Crippen molar-refractivity contribution in [3.05, 3.63) is 76.9 Å². The van der Waals surface area contributed by atoms with Gasteiger partial charge >= 0.3 is 0 Å². The molecule has 0 saturated carbocycles. The predicted molar refractivity (Wildman–Crippen MR) is 93.7 cm³/mol. The standard InChI is InChI=1S/C19H19ClN2/c1-14-16(13-21-2)12-19(15-8-10-17(20)11-9-15)22(14)18-6-4-3-5-7-18/h3-12,21H,13H2,1-2H3. The van der Waals surface area contributed by atoms with Crippen molar-refractivity contribution in [3.8, 4) is 16.9 Å². The van der Waals surface area contributed by atoms with Gasteiger partial charge in [0.15, 0.2) is 0 Å². The zero-order chi connectivity index (χ0) is 15.5. The fraction of sp³-hybridized carbons (Fsp3) is 0.158. The molecule has 0 radical (unpaired) electrons. The summed E-state index contributed by atoms with van der Waals surface area (Å²) in [6.45, 7) is 3.02. The van der Waals surface area contributed by atoms with Crippen LogP contribution >= 0.6 is 11.6 Å². The van der Waals surface area contributed by atoms with Crippen LogP contribution in [0.2, 0.25) is 5.02 Å². The zero-order valence-electron chi connectivity index (χ0n) is 12.8. The molecular formula is C19H19ClN2. The van der Waals surface area contributed by atoms with Crippen molar-refractivity contribution >= 4 is 11.6 Å². The van der Waals surface area contributed by atoms with Gasteiger partial charge in [-0.2, -0.15) is 0 Å². The van der Waals surface area contributed by atoms with Crippen LogP contribution in [0.4, 0.5) is 0 Å². The number of nitrogens with zero attached hydrogens (tertiary/aromatic N) is 1. The molecule has 1 heterocycles. The maximum Gasteiger partial charge on any atom is 0.0534 e. The minimum absolute atomic E-state index is 0.758. The maximum absolute atomic E-state index is 6.03. The number of hydrogen-bond acceptors (Lipinski definition) is 1. The molecule has 0 bridgehead atoms. The second-order valence-electron chi connectivity index (χ2n) is 5.35. The number of nitrogens with one attached hydrogen (secondary N) is 1. The van der Waals surface area contributed by atoms with E-state index in [4.69, 9.17) is 11.6 Å². The van der Waals surface area contributed by atoms with Gasteiger partial charge in [0.2, 0.25) is 0 Å². The molecular weight excluding hydrogens is 292 g/mol. The molecule has 0 amide bonds. The molecule has 0 aliphatic rings. The van der Waals surface area contributed by atoms with Crippen LogP contribution in [0.3, 0.4) is 0 Å². The molecule has 0 atom stereocenters. The molecule has 0 saturated heterocycles. The van der Waals surface area contributed by atoms with E-state index in [-0.39, 0.29) is 0 Å². The van der Waals surface area contributed by atoms with Crippen molar-refractivity contribution < 1.29 is 0 Å². The van der Waals surface area contributed by atoms with E-state index in [1.54, 1.807) is 0 Å². The Morgan fingerprint density at radius 1 is 1.00 bits per heavy atom. The number of halogens is 1. The molecule has 2 aromatic carbocycles. The number of rotatable bonds is 4. The van der Waals surface area contributed by atoms with Crippen LogP contribution in [0.15, 0.2) is 60.7 Å². The van der Waals surface area contributed by atoms with Gasteiger partial charge in [0.1, 0.15) is 0 Å². The first kappa shape index (κ1) is 14.9. The molecule has 3 rings (SSSR count). The summed E-state index contributed by atoms with van der Waals surface area (Å²) in [5.41, 5.74) is 6.08. The maximum atomic E-state index is 6.03. The highest BCUT2D eigenvalue weighted by molar-refractivity contribution is 6.30. The van der Waals surface area contributed by atoms with Crippen molar-refractivity contribution in [3.63, 3.8) is 0 Å². The summed E-state index contributed by atoms with van der Waals surface area (Å²) >= 11 is 6.03. The van der Waals surface area contributed by atoms with E-state index in [0.29, 0.717) is 0 Å². The van der Waals surface area contributed by atoms with Gasteiger partial charge in [-0.05, 0) is 55.4 Å². The Balaban J connectivity index is 2.20. The van der Waals surface area contributed by atoms with Gasteiger partial charge in [-0.1, -0.05) is 41.9 Å². The molecule has 0 aliphatic heterocycles. The summed E-state index contributed by atoms with van der Waals surface area (Å²) in [6, 6.07) is 20.7. The molecule has 0 unspecified atom stereocenters. The SMILES string of the molecule is CNCc1cc(-c2ccc(Cl)cc2)n(-c2ccccc2)c1C. The highest BCUT2D eigenvalue weighted by Crippen LogP contribution is 2.30. The van der Waals surface area contributed by atoms with Crippen LogP contribution in [-0.4, -0.2) is 11.6 Å². The first-order valence-corrected chi connectivity index (χ1v) is 7.75. The Morgan fingerprint density at radius 2 is 1.68 bits per heavy atom. The van der Waals surface area contributed by atoms with E-state index in [9.17, 15) is 0 Å². The smallest absolute Gasteiger partial charge is 0.0534 e. The van der Waals surface area contributed by atoms with Crippen LogP contribution in [0, 0.1) is 6.92 Å². The van der Waals surface area contributed by atoms with Crippen LogP contribution in [0.25, 0.3) is 16.9 Å². The summed E-state index contributed by atoms with van der Waals surface area (Å²) in [7, 11) is 1.97. The summed E-state index contributed by atoms with van der Waals surface area (Å²) in [6.07, 6.45) is 0. The first-order valence-electron chi connectivity index (χ1n) is 7.38. The monoisotopic (exact) mass is 310 g/mol. The van der Waals surface area contributed by atoms with Crippen LogP contribution < -0.4 is 5.32 Å². The molecule has 3 heteroatoms. The lowest BCUT2D eigenvalue weighted by Crippen LogP contribution is -2.06. The largest absolute Gasteiger partial charge is 0.316 e. The third kappa shape index (κ3) is 2.80. The van der Waals surface area contributed by atoms with E-state index >= 15 is 0 Å². The highest BCUT2D eigenvalue weighted by atomic mass is 35.5. The number of benzene rings is 2. The number of aromatic nitrogens is 1. The molecule has 0 spiro atoms. The molecule has 112 valence electrons. The van der Waals surface area contributed by atoms with Gasteiger partial charge in [0.25, 0.3) is 0 Å². The lowest BCUT2D eigenvalue weighted by molar-refractivity contribution is 0.807. The van der Waals surface area contributed by atoms with Crippen molar-refractivity contribution in [1.82, 2.24) is 9.88 Å². The lowest BCUT2D eigenvalue weighted by Gasteiger charge is -2.12. The van der Waals surface area contributed by atoms with Crippen LogP contribution in [0.1, 0.15) is 11.3 Å². The fourth-order valence-electron chi connectivity index (χ4n) is 2.77. The van der Waals surface area contributed by atoms with Crippen molar-refractivity contribution in [1.29, 1.82) is 0 Å². The number of hydrogen-bond donors (Lipinski definition) is 1. The summed E-state index contributed by atoms with van der Waals surface area (Å²) in [5.74, 6) is 0. The molecule has 22 heavy (non-hydrogen) atoms. The van der Waals surface area contributed by atoms with Gasteiger partial charge in [0, 0.05) is 22.9 Å². The average molecular weight is 311 g/mol. The van der Waals surface area contributed by atoms with Gasteiger partial charge in [-0.3, -0.25) is 0 Å². The van der Waals surface area contributed by atoms with Crippen LogP contribution in [0.5, 0.6) is 0 Å². The molecule has 2 nitrogen and oxygen atoms in total. The van der Waals surface area contributed by atoms with Gasteiger partial charge in [-0.15, -0.1) is 0 Å². The second kappa shape index (κ2) is 6.39. The minimum atomic E-state index is 0.758. The van der Waals surface area contributed by atoms with E-state index in [1.165, 1.54) is 28.2 Å². The third-order valence-corrected chi connectivity index (χ3v) is 4.13. The zero-order valence-corrected chi connectivity index (χ0v) is 13.6. The fourth-order valence-corrected chi connectivity index (χ4v) is 2.90. The van der Waals surface area contributed by atoms with Crippen molar-refractivity contribution in [2.24, 2.45) is 0 Å². The molecule has 3 aromatic rings. The Hall–Kier alpha value is -2.03. The Morgan fingerprint density at radius 3 is 2.32 bits per heavy atom. The number of para-hydroxylation sites is 1. The van der Waals surface area contributed by atoms with E-state index in [1.807, 2.05) is 25.2 Å². The van der Waals surface area contributed by atoms with E-state index in [0.717, 1.165) is 11.6 Å². The highest BCUT2D eigenvalue weighted by Gasteiger charge is 2.14. The topological polar surface area (TPSA) is 17.0 Å². The van der Waals surface area contributed by atoms with E-state index in [2.05, 4.69) is 59.3 Å². The molecule has 0 aliphatic carbocycles. The van der Waals surface area contributed by atoms with Gasteiger partial charge in [0.05, 0.1) is 5.69 Å². The Labute approximate surface area is 136 Å². The normalized spacial score (nSPS) is 10.9. The van der Waals surface area contributed by atoms with Crippen molar-refractivity contribution in [2.45, 2.75) is 13.5 Å². The first-order chi connectivity index (χ1) is 10.7. The van der Waals surface area contributed by atoms with Gasteiger partial charge < -0.3 is 9.88 Å². The minimum Gasteiger partial charge on any atom is -0.316 e. The summed E-state index contributed by atoms with van der Waals surface area (Å²) in [5, 5.41) is 4.00. The predicted octanol–water partition coefficient (Wildman–Crippen LogP) is 4.83. The Kier molecular flexibility index (Phi) is 4.32. The third-order valence-electron chi connectivity index (χ3n) is 3.87. The van der Waals surface area contributed by atoms with Crippen molar-refractivity contribution in [2.75, 3.05) is 7.05 Å². The average Bonchev–Trinajstić information content (AvgIpc) is 2.86. The summed E-state index contributed by atoms with van der Waals surface area (Å²) < 4.78 is 2.30. The summed E-state index contributed by atoms with van der Waals surface area (Å²) in [4.78, 5) is 0. The molecule has 1 aromatic heterocycles. The van der Waals surface area contributed by atoms with Crippen LogP contribution in [-0.2, 0) is 6.54 Å². The lowest BCUT2D eigenvalue weighted by atomic mass is 10.1. The second-order valence-corrected chi connectivity index (χ2v) is 5.78. The Bertz CT molecular complexity index is 758. The quantitative estimate of drug-likeness (QED) is 0.730.